The van der Waals surface area contributed by atoms with Gasteiger partial charge in [0.2, 0.25) is 5.09 Å². The van der Waals surface area contributed by atoms with E-state index in [-0.39, 0.29) is 16.3 Å². The van der Waals surface area contributed by atoms with E-state index < -0.39 is 21.8 Å². The highest BCUT2D eigenvalue weighted by Crippen LogP contribution is 2.25. The number of carboxylic acid groups (broad SMARTS) is 1. The van der Waals surface area contributed by atoms with E-state index in [0.717, 1.165) is 18.2 Å². The third-order valence-corrected chi connectivity index (χ3v) is 4.35. The second kappa shape index (κ2) is 5.40. The Hall–Kier alpha value is -2.87. The quantitative estimate of drug-likeness (QED) is 0.764. The Balaban J connectivity index is 1.96. The van der Waals surface area contributed by atoms with Gasteiger partial charge in [0, 0.05) is 11.5 Å². The van der Waals surface area contributed by atoms with Gasteiger partial charge >= 0.3 is 5.97 Å². The standard InChI is InChI=1S/C15H10FNO5S/c16-11-7-10(15(18)19)5-6-12(11)17-23(20,21)14-8-9-3-1-2-4-13(9)22-14/h1-8,17H,(H,18,19). The van der Waals surface area contributed by atoms with Crippen molar-refractivity contribution in [3.05, 3.63) is 59.9 Å². The number of rotatable bonds is 4. The van der Waals surface area contributed by atoms with Gasteiger partial charge in [-0.05, 0) is 24.3 Å². The normalized spacial score (nSPS) is 11.5. The van der Waals surface area contributed by atoms with Crippen LogP contribution in [0.2, 0.25) is 0 Å². The minimum absolute atomic E-state index is 0.283. The van der Waals surface area contributed by atoms with Gasteiger partial charge < -0.3 is 9.52 Å². The number of benzene rings is 2. The SMILES string of the molecule is O=C(O)c1ccc(NS(=O)(=O)c2cc3ccccc3o2)c(F)c1. The van der Waals surface area contributed by atoms with Gasteiger partial charge in [-0.2, -0.15) is 8.42 Å². The lowest BCUT2D eigenvalue weighted by Crippen LogP contribution is -2.13. The van der Waals surface area contributed by atoms with E-state index >= 15 is 0 Å². The lowest BCUT2D eigenvalue weighted by Gasteiger charge is -2.07. The molecule has 0 aliphatic carbocycles. The van der Waals surface area contributed by atoms with Crippen LogP contribution >= 0.6 is 0 Å². The summed E-state index contributed by atoms with van der Waals surface area (Å²) >= 11 is 0. The monoisotopic (exact) mass is 335 g/mol. The van der Waals surface area contributed by atoms with Crippen LogP contribution in [0.3, 0.4) is 0 Å². The van der Waals surface area contributed by atoms with Crippen LogP contribution in [0.1, 0.15) is 10.4 Å². The number of hydrogen-bond acceptors (Lipinski definition) is 4. The Bertz CT molecular complexity index is 977. The zero-order chi connectivity index (χ0) is 16.6. The summed E-state index contributed by atoms with van der Waals surface area (Å²) in [5.41, 5.74) is -0.265. The summed E-state index contributed by atoms with van der Waals surface area (Å²) in [5, 5.41) is 9.00. The molecular weight excluding hydrogens is 325 g/mol. The third-order valence-electron chi connectivity index (χ3n) is 3.13. The van der Waals surface area contributed by atoms with Crippen LogP contribution in [0.25, 0.3) is 11.0 Å². The lowest BCUT2D eigenvalue weighted by molar-refractivity contribution is 0.0696. The van der Waals surface area contributed by atoms with Crippen LogP contribution in [0.4, 0.5) is 10.1 Å². The van der Waals surface area contributed by atoms with Crippen molar-refractivity contribution in [2.24, 2.45) is 0 Å². The number of hydrogen-bond donors (Lipinski definition) is 2. The number of nitrogens with one attached hydrogen (secondary N) is 1. The van der Waals surface area contributed by atoms with Crippen LogP contribution in [-0.2, 0) is 10.0 Å². The maximum absolute atomic E-state index is 13.8. The van der Waals surface area contributed by atoms with E-state index in [1.54, 1.807) is 24.3 Å². The zero-order valence-electron chi connectivity index (χ0n) is 11.5. The topological polar surface area (TPSA) is 96.6 Å². The number of anilines is 1. The van der Waals surface area contributed by atoms with Crippen LogP contribution in [0.15, 0.2) is 58.0 Å². The van der Waals surface area contributed by atoms with Crippen molar-refractivity contribution >= 4 is 32.6 Å². The molecule has 0 aliphatic rings. The van der Waals surface area contributed by atoms with Crippen LogP contribution < -0.4 is 4.72 Å². The van der Waals surface area contributed by atoms with Gasteiger partial charge in [0.05, 0.1) is 11.3 Å². The Morgan fingerprint density at radius 2 is 1.87 bits per heavy atom. The van der Waals surface area contributed by atoms with Crippen LogP contribution in [0, 0.1) is 5.82 Å². The molecule has 1 aromatic heterocycles. The molecule has 0 fully saturated rings. The first-order valence-electron chi connectivity index (χ1n) is 6.41. The second-order valence-electron chi connectivity index (χ2n) is 4.71. The molecule has 0 bridgehead atoms. The molecular formula is C15H10FNO5S. The van der Waals surface area contributed by atoms with Crippen molar-refractivity contribution in [1.82, 2.24) is 0 Å². The molecule has 0 amide bonds. The van der Waals surface area contributed by atoms with Crippen molar-refractivity contribution in [2.45, 2.75) is 5.09 Å². The summed E-state index contributed by atoms with van der Waals surface area (Å²) in [6.07, 6.45) is 0. The number of sulfonamides is 1. The molecule has 0 saturated heterocycles. The zero-order valence-corrected chi connectivity index (χ0v) is 12.3. The highest BCUT2D eigenvalue weighted by molar-refractivity contribution is 7.92. The summed E-state index contributed by atoms with van der Waals surface area (Å²) in [7, 11) is -4.13. The summed E-state index contributed by atoms with van der Waals surface area (Å²) in [6.45, 7) is 0. The number of carbonyl (C=O) groups is 1. The van der Waals surface area contributed by atoms with E-state index in [1.165, 1.54) is 6.07 Å². The predicted molar refractivity (Wildman–Crippen MR) is 80.4 cm³/mol. The van der Waals surface area contributed by atoms with Gasteiger partial charge in [-0.1, -0.05) is 18.2 Å². The summed E-state index contributed by atoms with van der Waals surface area (Å²) in [6, 6.07) is 10.9. The van der Waals surface area contributed by atoms with E-state index in [0.29, 0.717) is 11.0 Å². The molecule has 3 rings (SSSR count). The molecule has 0 radical (unpaired) electrons. The molecule has 0 atom stereocenters. The molecule has 6 nitrogen and oxygen atoms in total. The number of fused-ring (bicyclic) bond motifs is 1. The Morgan fingerprint density at radius 1 is 1.13 bits per heavy atom. The molecule has 118 valence electrons. The van der Waals surface area contributed by atoms with Crippen molar-refractivity contribution in [3.8, 4) is 0 Å². The summed E-state index contributed by atoms with van der Waals surface area (Å²) in [5.74, 6) is -2.31. The number of para-hydroxylation sites is 1. The van der Waals surface area contributed by atoms with Gasteiger partial charge in [-0.3, -0.25) is 4.72 Å². The first-order valence-corrected chi connectivity index (χ1v) is 7.89. The molecule has 0 spiro atoms. The van der Waals surface area contributed by atoms with E-state index in [4.69, 9.17) is 9.52 Å². The number of halogens is 1. The minimum Gasteiger partial charge on any atom is -0.478 e. The number of carboxylic acids is 1. The third kappa shape index (κ3) is 2.88. The summed E-state index contributed by atoms with van der Waals surface area (Å²) < 4.78 is 45.6. The second-order valence-corrected chi connectivity index (χ2v) is 6.32. The first-order chi connectivity index (χ1) is 10.9. The lowest BCUT2D eigenvalue weighted by atomic mass is 10.2. The predicted octanol–water partition coefficient (Wildman–Crippen LogP) is 3.07. The highest BCUT2D eigenvalue weighted by Gasteiger charge is 2.21. The maximum atomic E-state index is 13.8. The fourth-order valence-corrected chi connectivity index (χ4v) is 3.05. The Kier molecular flexibility index (Phi) is 3.53. The first kappa shape index (κ1) is 15.0. The fourth-order valence-electron chi connectivity index (χ4n) is 2.02. The molecule has 1 heterocycles. The molecule has 8 heteroatoms. The molecule has 3 aromatic rings. The summed E-state index contributed by atoms with van der Waals surface area (Å²) in [4.78, 5) is 10.8. The van der Waals surface area contributed by atoms with Gasteiger partial charge in [0.1, 0.15) is 11.4 Å². The molecule has 0 aliphatic heterocycles. The number of furan rings is 1. The van der Waals surface area contributed by atoms with Gasteiger partial charge in [0.15, 0.2) is 0 Å². The van der Waals surface area contributed by atoms with E-state index in [1.807, 2.05) is 4.72 Å². The van der Waals surface area contributed by atoms with E-state index in [2.05, 4.69) is 0 Å². The molecule has 0 unspecified atom stereocenters. The fraction of sp³-hybridized carbons (Fsp3) is 0. The van der Waals surface area contributed by atoms with Crippen molar-refractivity contribution in [3.63, 3.8) is 0 Å². The molecule has 0 saturated carbocycles. The average molecular weight is 335 g/mol. The number of aromatic carboxylic acids is 1. The molecule has 2 N–H and O–H groups in total. The molecule has 23 heavy (non-hydrogen) atoms. The minimum atomic E-state index is -4.13. The smallest absolute Gasteiger partial charge is 0.335 e. The Morgan fingerprint density at radius 3 is 2.52 bits per heavy atom. The Labute approximate surface area is 130 Å². The molecule has 2 aromatic carbocycles. The van der Waals surface area contributed by atoms with Crippen molar-refractivity contribution < 1.29 is 27.1 Å². The van der Waals surface area contributed by atoms with Crippen molar-refractivity contribution in [1.29, 1.82) is 0 Å². The van der Waals surface area contributed by atoms with Gasteiger partial charge in [0.25, 0.3) is 10.0 Å². The highest BCUT2D eigenvalue weighted by atomic mass is 32.2. The van der Waals surface area contributed by atoms with Crippen LogP contribution in [-0.4, -0.2) is 19.5 Å². The van der Waals surface area contributed by atoms with Gasteiger partial charge in [-0.15, -0.1) is 0 Å². The maximum Gasteiger partial charge on any atom is 0.335 e. The van der Waals surface area contributed by atoms with E-state index in [9.17, 15) is 17.6 Å². The van der Waals surface area contributed by atoms with Crippen molar-refractivity contribution in [2.75, 3.05) is 4.72 Å². The average Bonchev–Trinajstić information content (AvgIpc) is 2.94. The van der Waals surface area contributed by atoms with Crippen LogP contribution in [0.5, 0.6) is 0 Å². The largest absolute Gasteiger partial charge is 0.478 e. The van der Waals surface area contributed by atoms with Gasteiger partial charge in [-0.25, -0.2) is 9.18 Å².